The van der Waals surface area contributed by atoms with Crippen molar-refractivity contribution in [3.05, 3.63) is 70.2 Å². The van der Waals surface area contributed by atoms with Crippen molar-refractivity contribution in [2.45, 2.75) is 57.5 Å². The van der Waals surface area contributed by atoms with E-state index in [1.165, 1.54) is 0 Å². The molecule has 2 aromatic carbocycles. The van der Waals surface area contributed by atoms with Crippen LogP contribution < -0.4 is 0 Å². The Morgan fingerprint density at radius 3 is 2.59 bits per heavy atom. The van der Waals surface area contributed by atoms with E-state index in [0.717, 1.165) is 62.0 Å². The zero-order chi connectivity index (χ0) is 23.1. The van der Waals surface area contributed by atoms with Crippen LogP contribution in [-0.2, 0) is 26.3 Å². The van der Waals surface area contributed by atoms with E-state index in [-0.39, 0.29) is 5.92 Å². The first-order valence-electron chi connectivity index (χ1n) is 11.4. The van der Waals surface area contributed by atoms with Crippen LogP contribution in [0.1, 0.15) is 62.1 Å². The van der Waals surface area contributed by atoms with Crippen LogP contribution in [0.15, 0.2) is 48.5 Å². The van der Waals surface area contributed by atoms with Gasteiger partial charge in [0.15, 0.2) is 0 Å². The second-order valence-electron chi connectivity index (χ2n) is 8.37. The second-order valence-corrected chi connectivity index (χ2v) is 8.81. The van der Waals surface area contributed by atoms with Crippen LogP contribution >= 0.6 is 11.6 Å². The van der Waals surface area contributed by atoms with Gasteiger partial charge in [0.05, 0.1) is 0 Å². The summed E-state index contributed by atoms with van der Waals surface area (Å²) in [5.41, 5.74) is 1.92. The van der Waals surface area contributed by atoms with Crippen LogP contribution in [0.2, 0.25) is 5.02 Å². The molecule has 0 radical (unpaired) electrons. The number of ether oxygens (including phenoxy) is 1. The number of carboxylic acids is 1. The molecular formula is C26H32ClNO4. The topological polar surface area (TPSA) is 66.8 Å². The summed E-state index contributed by atoms with van der Waals surface area (Å²) in [7, 11) is 0. The standard InChI is InChI=1S/C26H32ClNO4/c1-3-28(4-2)17-9-16-26(32-25(31)24(29)30)22-14-6-5-10-19(22)11-8-15-23(26)20-12-7-13-21(27)18-20/h5-7,10,12-14,18,23H,3-4,8-9,11,15-17H2,1-2H3,(H,29,30)/t23-,26+/m1/s1. The number of rotatable bonds is 8. The fourth-order valence-corrected chi connectivity index (χ4v) is 5.23. The molecule has 0 aromatic heterocycles. The molecule has 2 aromatic rings. The van der Waals surface area contributed by atoms with E-state index in [1.807, 2.05) is 42.5 Å². The summed E-state index contributed by atoms with van der Waals surface area (Å²) >= 11 is 6.33. The number of carbonyl (C=O) groups is 2. The van der Waals surface area contributed by atoms with Crippen LogP contribution in [0.5, 0.6) is 0 Å². The number of hydrogen-bond acceptors (Lipinski definition) is 4. The number of fused-ring (bicyclic) bond motifs is 1. The summed E-state index contributed by atoms with van der Waals surface area (Å²) in [6.45, 7) is 6.97. The monoisotopic (exact) mass is 457 g/mol. The number of hydrogen-bond donors (Lipinski definition) is 1. The molecule has 1 N–H and O–H groups in total. The van der Waals surface area contributed by atoms with Gasteiger partial charge in [0, 0.05) is 10.9 Å². The van der Waals surface area contributed by atoms with Gasteiger partial charge in [0.25, 0.3) is 0 Å². The lowest BCUT2D eigenvalue weighted by Gasteiger charge is -2.41. The Bertz CT molecular complexity index is 943. The fourth-order valence-electron chi connectivity index (χ4n) is 5.03. The molecule has 0 fully saturated rings. The average molecular weight is 458 g/mol. The molecule has 172 valence electrons. The lowest BCUT2D eigenvalue weighted by Crippen LogP contribution is -2.41. The van der Waals surface area contributed by atoms with Gasteiger partial charge in [0.2, 0.25) is 0 Å². The van der Waals surface area contributed by atoms with Crippen molar-refractivity contribution in [2.24, 2.45) is 0 Å². The molecule has 0 heterocycles. The zero-order valence-electron chi connectivity index (χ0n) is 18.9. The molecule has 0 aliphatic heterocycles. The lowest BCUT2D eigenvalue weighted by molar-refractivity contribution is -0.179. The highest BCUT2D eigenvalue weighted by atomic mass is 35.5. The SMILES string of the molecule is CCN(CC)CCC[C@]1(OC(=O)C(=O)O)c2ccccc2CCC[C@@H]1c1cccc(Cl)c1. The highest BCUT2D eigenvalue weighted by Gasteiger charge is 2.47. The van der Waals surface area contributed by atoms with E-state index < -0.39 is 17.5 Å². The molecule has 0 saturated heterocycles. The molecule has 1 aliphatic rings. The summed E-state index contributed by atoms with van der Waals surface area (Å²) in [6, 6.07) is 15.6. The molecule has 0 unspecified atom stereocenters. The number of benzene rings is 2. The summed E-state index contributed by atoms with van der Waals surface area (Å²) in [4.78, 5) is 26.4. The van der Waals surface area contributed by atoms with Crippen molar-refractivity contribution in [1.82, 2.24) is 4.90 Å². The maximum absolute atomic E-state index is 12.5. The van der Waals surface area contributed by atoms with Crippen LogP contribution in [0.4, 0.5) is 0 Å². The molecule has 3 rings (SSSR count). The van der Waals surface area contributed by atoms with E-state index in [0.29, 0.717) is 11.4 Å². The smallest absolute Gasteiger partial charge is 0.418 e. The van der Waals surface area contributed by atoms with Crippen LogP contribution in [-0.4, -0.2) is 41.6 Å². The van der Waals surface area contributed by atoms with Crippen molar-refractivity contribution in [2.75, 3.05) is 19.6 Å². The van der Waals surface area contributed by atoms with Gasteiger partial charge in [0.1, 0.15) is 5.60 Å². The molecule has 2 atom stereocenters. The number of aliphatic carboxylic acids is 1. The minimum Gasteiger partial charge on any atom is -0.473 e. The maximum atomic E-state index is 12.5. The Hall–Kier alpha value is -2.37. The second kappa shape index (κ2) is 11.0. The lowest BCUT2D eigenvalue weighted by atomic mass is 9.73. The van der Waals surface area contributed by atoms with Gasteiger partial charge < -0.3 is 14.7 Å². The normalized spacial score (nSPS) is 20.4. The molecule has 6 heteroatoms. The summed E-state index contributed by atoms with van der Waals surface area (Å²) < 4.78 is 6.00. The zero-order valence-corrected chi connectivity index (χ0v) is 19.6. The number of carboxylic acid groups (broad SMARTS) is 1. The highest BCUT2D eigenvalue weighted by Crippen LogP contribution is 2.50. The fraction of sp³-hybridized carbons (Fsp3) is 0.462. The van der Waals surface area contributed by atoms with Crippen LogP contribution in [0.3, 0.4) is 0 Å². The Balaban J connectivity index is 2.14. The molecule has 1 aliphatic carbocycles. The molecule has 5 nitrogen and oxygen atoms in total. The summed E-state index contributed by atoms with van der Waals surface area (Å²) in [6.07, 6.45) is 3.86. The minimum absolute atomic E-state index is 0.190. The summed E-state index contributed by atoms with van der Waals surface area (Å²) in [5.74, 6) is -2.97. The predicted octanol–water partition coefficient (Wildman–Crippen LogP) is 5.41. The largest absolute Gasteiger partial charge is 0.473 e. The maximum Gasteiger partial charge on any atom is 0.418 e. The third-order valence-corrected chi connectivity index (χ3v) is 6.83. The Labute approximate surface area is 195 Å². The van der Waals surface area contributed by atoms with Gasteiger partial charge in [-0.05, 0) is 80.6 Å². The van der Waals surface area contributed by atoms with E-state index in [9.17, 15) is 14.7 Å². The van der Waals surface area contributed by atoms with Gasteiger partial charge in [-0.1, -0.05) is 61.8 Å². The number of nitrogens with zero attached hydrogens (tertiary/aromatic N) is 1. The molecule has 0 spiro atoms. The molecular weight excluding hydrogens is 426 g/mol. The quantitative estimate of drug-likeness (QED) is 0.326. The minimum atomic E-state index is -1.57. The van der Waals surface area contributed by atoms with Gasteiger partial charge in [-0.25, -0.2) is 9.59 Å². The van der Waals surface area contributed by atoms with Crippen LogP contribution in [0, 0.1) is 0 Å². The van der Waals surface area contributed by atoms with Gasteiger partial charge in [-0.2, -0.15) is 0 Å². The summed E-state index contributed by atoms with van der Waals surface area (Å²) in [5, 5.41) is 10.0. The molecule has 0 amide bonds. The molecule has 0 saturated carbocycles. The third-order valence-electron chi connectivity index (χ3n) is 6.59. The van der Waals surface area contributed by atoms with E-state index in [1.54, 1.807) is 0 Å². The number of carbonyl (C=O) groups excluding carboxylic acids is 1. The Kier molecular flexibility index (Phi) is 8.32. The van der Waals surface area contributed by atoms with Crippen molar-refractivity contribution in [1.29, 1.82) is 0 Å². The average Bonchev–Trinajstić information content (AvgIpc) is 2.94. The van der Waals surface area contributed by atoms with Crippen molar-refractivity contribution in [3.8, 4) is 0 Å². The van der Waals surface area contributed by atoms with Crippen molar-refractivity contribution in [3.63, 3.8) is 0 Å². The van der Waals surface area contributed by atoms with Gasteiger partial charge in [-0.15, -0.1) is 0 Å². The highest BCUT2D eigenvalue weighted by molar-refractivity contribution is 6.30. The first-order valence-corrected chi connectivity index (χ1v) is 11.8. The third kappa shape index (κ3) is 5.33. The molecule has 0 bridgehead atoms. The number of halogens is 1. The van der Waals surface area contributed by atoms with E-state index in [2.05, 4.69) is 24.8 Å². The number of aryl methyl sites for hydroxylation is 1. The van der Waals surface area contributed by atoms with Crippen LogP contribution in [0.25, 0.3) is 0 Å². The van der Waals surface area contributed by atoms with Crippen molar-refractivity contribution < 1.29 is 19.4 Å². The Morgan fingerprint density at radius 2 is 1.91 bits per heavy atom. The van der Waals surface area contributed by atoms with E-state index in [4.69, 9.17) is 16.3 Å². The van der Waals surface area contributed by atoms with Crippen molar-refractivity contribution >= 4 is 23.5 Å². The molecule has 32 heavy (non-hydrogen) atoms. The first-order chi connectivity index (χ1) is 15.4. The predicted molar refractivity (Wildman–Crippen MR) is 126 cm³/mol. The Morgan fingerprint density at radius 1 is 1.16 bits per heavy atom. The first kappa shape index (κ1) is 24.3. The van der Waals surface area contributed by atoms with E-state index >= 15 is 0 Å². The van der Waals surface area contributed by atoms with Gasteiger partial charge >= 0.3 is 11.9 Å². The number of esters is 1. The van der Waals surface area contributed by atoms with Gasteiger partial charge in [-0.3, -0.25) is 0 Å².